The van der Waals surface area contributed by atoms with E-state index in [1.165, 1.54) is 6.07 Å². The van der Waals surface area contributed by atoms with Gasteiger partial charge in [-0.15, -0.1) is 0 Å². The molecule has 0 bridgehead atoms. The predicted molar refractivity (Wildman–Crippen MR) is 30.3 cm³/mol. The second-order valence-electron chi connectivity index (χ2n) is 0.969. The van der Waals surface area contributed by atoms with Crippen LogP contribution < -0.4 is 4.72 Å². The van der Waals surface area contributed by atoms with Gasteiger partial charge in [-0.05, 0) is 0 Å². The van der Waals surface area contributed by atoms with Crippen LogP contribution in [0.25, 0.3) is 0 Å². The SMILES string of the molecule is N#CC#CCNS(=O)[O-]. The maximum Gasteiger partial charge on any atom is 0.152 e. The van der Waals surface area contributed by atoms with Crippen LogP contribution in [0.4, 0.5) is 0 Å². The molecule has 0 amide bonds. The molecule has 0 aromatic rings. The van der Waals surface area contributed by atoms with Gasteiger partial charge in [-0.3, -0.25) is 4.21 Å². The zero-order valence-corrected chi connectivity index (χ0v) is 5.20. The van der Waals surface area contributed by atoms with E-state index in [0.29, 0.717) is 0 Å². The maximum atomic E-state index is 9.70. The molecule has 0 radical (unpaired) electrons. The van der Waals surface area contributed by atoms with Crippen LogP contribution >= 0.6 is 0 Å². The van der Waals surface area contributed by atoms with Gasteiger partial charge in [-0.25, -0.2) is 4.72 Å². The van der Waals surface area contributed by atoms with Crippen molar-refractivity contribution in [3.63, 3.8) is 0 Å². The highest BCUT2D eigenvalue weighted by molar-refractivity contribution is 7.77. The Labute approximate surface area is 55.3 Å². The predicted octanol–water partition coefficient (Wildman–Crippen LogP) is -1.10. The molecule has 48 valence electrons. The normalized spacial score (nSPS) is 10.7. The molecule has 1 atom stereocenters. The van der Waals surface area contributed by atoms with Crippen LogP contribution in [0.5, 0.6) is 0 Å². The van der Waals surface area contributed by atoms with Crippen molar-refractivity contribution < 1.29 is 8.76 Å². The third-order valence-corrected chi connectivity index (χ3v) is 0.803. The lowest BCUT2D eigenvalue weighted by atomic mass is 10.6. The lowest BCUT2D eigenvalue weighted by Crippen LogP contribution is -2.15. The molecule has 0 saturated carbocycles. The van der Waals surface area contributed by atoms with Gasteiger partial charge in [-0.1, -0.05) is 5.92 Å². The number of nitrogens with one attached hydrogen (secondary N) is 1. The first kappa shape index (κ1) is 8.12. The molecule has 0 aromatic carbocycles. The Balaban J connectivity index is 3.33. The second kappa shape index (κ2) is 5.26. The summed E-state index contributed by atoms with van der Waals surface area (Å²) in [7, 11) is 0. The molecule has 0 saturated heterocycles. The van der Waals surface area contributed by atoms with Crippen molar-refractivity contribution in [1.82, 2.24) is 4.72 Å². The topological polar surface area (TPSA) is 76.0 Å². The third-order valence-electron chi connectivity index (χ3n) is 0.423. The minimum atomic E-state index is -2.28. The highest BCUT2D eigenvalue weighted by Crippen LogP contribution is 1.59. The molecule has 0 aromatic heterocycles. The van der Waals surface area contributed by atoms with Crippen LogP contribution in [0.1, 0.15) is 0 Å². The van der Waals surface area contributed by atoms with Gasteiger partial charge in [-0.2, -0.15) is 5.26 Å². The molecule has 0 aliphatic heterocycles. The summed E-state index contributed by atoms with van der Waals surface area (Å²) in [5.74, 6) is 4.27. The van der Waals surface area contributed by atoms with Gasteiger partial charge in [0.25, 0.3) is 0 Å². The molecule has 1 unspecified atom stereocenters. The Morgan fingerprint density at radius 3 is 2.89 bits per heavy atom. The van der Waals surface area contributed by atoms with Crippen LogP contribution in [0.2, 0.25) is 0 Å². The average Bonchev–Trinajstić information content (AvgIpc) is 1.80. The average molecular weight is 143 g/mol. The summed E-state index contributed by atoms with van der Waals surface area (Å²) in [4.78, 5) is 0. The van der Waals surface area contributed by atoms with Gasteiger partial charge >= 0.3 is 0 Å². The van der Waals surface area contributed by atoms with Crippen molar-refractivity contribution in [2.45, 2.75) is 0 Å². The zero-order chi connectivity index (χ0) is 7.11. The number of rotatable bonds is 2. The fourth-order valence-corrected chi connectivity index (χ4v) is 0.369. The van der Waals surface area contributed by atoms with E-state index in [4.69, 9.17) is 5.26 Å². The highest BCUT2D eigenvalue weighted by Gasteiger charge is 1.73. The minimum Gasteiger partial charge on any atom is -0.760 e. The fourth-order valence-electron chi connectivity index (χ4n) is 0.179. The van der Waals surface area contributed by atoms with Crippen LogP contribution in [-0.2, 0) is 11.3 Å². The summed E-state index contributed by atoms with van der Waals surface area (Å²) in [5, 5.41) is 7.83. The molecule has 0 heterocycles. The molecule has 9 heavy (non-hydrogen) atoms. The van der Waals surface area contributed by atoms with Gasteiger partial charge in [0.1, 0.15) is 0 Å². The minimum absolute atomic E-state index is 0.0102. The van der Waals surface area contributed by atoms with Crippen LogP contribution in [0, 0.1) is 23.2 Å². The van der Waals surface area contributed by atoms with Crippen LogP contribution in [0.15, 0.2) is 0 Å². The molecule has 0 aliphatic rings. The van der Waals surface area contributed by atoms with E-state index in [2.05, 4.69) is 5.92 Å². The zero-order valence-electron chi connectivity index (χ0n) is 4.38. The molecule has 0 fully saturated rings. The second-order valence-corrected chi connectivity index (χ2v) is 1.73. The van der Waals surface area contributed by atoms with Crippen molar-refractivity contribution in [2.75, 3.05) is 6.54 Å². The van der Waals surface area contributed by atoms with Crippen molar-refractivity contribution in [1.29, 1.82) is 5.26 Å². The summed E-state index contributed by atoms with van der Waals surface area (Å²) in [5.41, 5.74) is 0. The Morgan fingerprint density at radius 2 is 2.44 bits per heavy atom. The summed E-state index contributed by atoms with van der Waals surface area (Å²) in [6, 6.07) is 1.54. The molecular weight excluding hydrogens is 140 g/mol. The van der Waals surface area contributed by atoms with E-state index in [-0.39, 0.29) is 6.54 Å². The maximum absolute atomic E-state index is 9.70. The van der Waals surface area contributed by atoms with Crippen LogP contribution in [-0.4, -0.2) is 15.3 Å². The van der Waals surface area contributed by atoms with Gasteiger partial charge in [0.2, 0.25) is 0 Å². The van der Waals surface area contributed by atoms with Crippen LogP contribution in [0.3, 0.4) is 0 Å². The number of hydrogen-bond donors (Lipinski definition) is 1. The monoisotopic (exact) mass is 143 g/mol. The Bertz CT molecular complexity index is 197. The van der Waals surface area contributed by atoms with Gasteiger partial charge in [0.15, 0.2) is 6.07 Å². The molecular formula is C4H3N2O2S-. The van der Waals surface area contributed by atoms with E-state index in [0.717, 1.165) is 0 Å². The summed E-state index contributed by atoms with van der Waals surface area (Å²) < 4.78 is 21.4. The van der Waals surface area contributed by atoms with E-state index in [9.17, 15) is 8.76 Å². The Hall–Kier alpha value is -0.880. The molecule has 4 nitrogen and oxygen atoms in total. The first-order chi connectivity index (χ1) is 4.27. The van der Waals surface area contributed by atoms with Gasteiger partial charge < -0.3 is 4.55 Å². The number of nitrogens with zero attached hydrogens (tertiary/aromatic N) is 1. The standard InChI is InChI=1S/C4H4N2O2S/c5-3-1-2-4-6-9(7)8/h6H,4H2,(H,7,8)/p-1. The van der Waals surface area contributed by atoms with E-state index >= 15 is 0 Å². The number of nitriles is 1. The lowest BCUT2D eigenvalue weighted by Gasteiger charge is -2.00. The van der Waals surface area contributed by atoms with Crippen molar-refractivity contribution in [3.05, 3.63) is 0 Å². The smallest absolute Gasteiger partial charge is 0.152 e. The van der Waals surface area contributed by atoms with Gasteiger partial charge in [0, 0.05) is 17.2 Å². The molecule has 0 aliphatic carbocycles. The largest absolute Gasteiger partial charge is 0.760 e. The lowest BCUT2D eigenvalue weighted by molar-refractivity contribution is 0.527. The Kier molecular flexibility index (Phi) is 4.75. The molecule has 5 heteroatoms. The van der Waals surface area contributed by atoms with Gasteiger partial charge in [0.05, 0.1) is 6.54 Å². The molecule has 0 rings (SSSR count). The first-order valence-electron chi connectivity index (χ1n) is 1.97. The summed E-state index contributed by atoms with van der Waals surface area (Å²) in [6.07, 6.45) is 0. The summed E-state index contributed by atoms with van der Waals surface area (Å²) in [6.45, 7) is -0.0102. The fraction of sp³-hybridized carbons (Fsp3) is 0.250. The molecule has 0 spiro atoms. The quantitative estimate of drug-likeness (QED) is 0.393. The van der Waals surface area contributed by atoms with E-state index < -0.39 is 11.3 Å². The van der Waals surface area contributed by atoms with Crippen molar-refractivity contribution >= 4 is 11.3 Å². The highest BCUT2D eigenvalue weighted by atomic mass is 32.2. The van der Waals surface area contributed by atoms with E-state index in [1.807, 2.05) is 10.6 Å². The third kappa shape index (κ3) is 7.12. The first-order valence-corrected chi connectivity index (χ1v) is 3.04. The molecule has 1 N–H and O–H groups in total. The van der Waals surface area contributed by atoms with E-state index in [1.54, 1.807) is 0 Å². The van der Waals surface area contributed by atoms with Crippen molar-refractivity contribution in [2.24, 2.45) is 0 Å². The number of hydrogen-bond acceptors (Lipinski definition) is 3. The van der Waals surface area contributed by atoms with Crippen molar-refractivity contribution in [3.8, 4) is 17.9 Å². The summed E-state index contributed by atoms with van der Waals surface area (Å²) >= 11 is -2.28. The Morgan fingerprint density at radius 1 is 1.78 bits per heavy atom.